The van der Waals surface area contributed by atoms with Crippen molar-refractivity contribution in [3.05, 3.63) is 11.6 Å². The summed E-state index contributed by atoms with van der Waals surface area (Å²) in [5.74, 6) is 3.93. The third kappa shape index (κ3) is 4.08. The van der Waals surface area contributed by atoms with E-state index in [1.165, 1.54) is 45.6 Å². The molecule has 0 spiro atoms. The molecular weight excluding hydrogens is 400 g/mol. The van der Waals surface area contributed by atoms with Crippen LogP contribution < -0.4 is 0 Å². The molecule has 4 heteroatoms. The molecule has 0 aromatic heterocycles. The van der Waals surface area contributed by atoms with Crippen LogP contribution in [-0.4, -0.2) is 33.1 Å². The van der Waals surface area contributed by atoms with Crippen LogP contribution in [0.15, 0.2) is 11.6 Å². The molecule has 0 bridgehead atoms. The molecule has 4 nitrogen and oxygen atoms in total. The predicted octanol–water partition coefficient (Wildman–Crippen LogP) is 6.39. The molecule has 0 N–H and O–H groups in total. The first kappa shape index (κ1) is 24.3. The monoisotopic (exact) mass is 446 g/mol. The second kappa shape index (κ2) is 9.41. The minimum atomic E-state index is -0.0693. The Morgan fingerprint density at radius 3 is 2.59 bits per heavy atom. The summed E-state index contributed by atoms with van der Waals surface area (Å²) in [5.41, 5.74) is 2.33. The lowest BCUT2D eigenvalue weighted by molar-refractivity contribution is -0.191. The standard InChI is InChI=1S/C28H46O4/c1-18-11-13-27(3)20(15-18)16-24(32-17-30-5)26-22-9-8-21(19(2)7-10-25(29)31-6)28(22,4)14-12-23(26)27/h15,19-24,26H,7-14,16-17H2,1-6H3/t19-,20+,21-,22?,23?,24?,26?,27+,28-/m1/s1. The highest BCUT2D eigenvalue weighted by Gasteiger charge is 2.62. The Kier molecular flexibility index (Phi) is 7.13. The molecule has 3 fully saturated rings. The number of esters is 1. The molecule has 4 unspecified atom stereocenters. The Labute approximate surface area is 195 Å². The Balaban J connectivity index is 1.59. The fourth-order valence-corrected chi connectivity index (χ4v) is 8.92. The summed E-state index contributed by atoms with van der Waals surface area (Å²) in [6, 6.07) is 0. The van der Waals surface area contributed by atoms with Gasteiger partial charge in [0, 0.05) is 13.5 Å². The van der Waals surface area contributed by atoms with E-state index in [2.05, 4.69) is 33.8 Å². The molecule has 9 atom stereocenters. The Morgan fingerprint density at radius 2 is 1.88 bits per heavy atom. The maximum atomic E-state index is 11.8. The van der Waals surface area contributed by atoms with Crippen LogP contribution in [0.5, 0.6) is 0 Å². The van der Waals surface area contributed by atoms with Crippen molar-refractivity contribution in [1.29, 1.82) is 0 Å². The third-order valence-electron chi connectivity index (χ3n) is 10.7. The van der Waals surface area contributed by atoms with E-state index in [1.54, 1.807) is 12.7 Å². The molecule has 0 heterocycles. The summed E-state index contributed by atoms with van der Waals surface area (Å²) >= 11 is 0. The van der Waals surface area contributed by atoms with Crippen LogP contribution in [0.3, 0.4) is 0 Å². The number of carbonyl (C=O) groups excluding carboxylic acids is 1. The smallest absolute Gasteiger partial charge is 0.305 e. The average molecular weight is 447 g/mol. The van der Waals surface area contributed by atoms with Gasteiger partial charge in [-0.3, -0.25) is 4.79 Å². The third-order valence-corrected chi connectivity index (χ3v) is 10.7. The molecule has 0 saturated heterocycles. The van der Waals surface area contributed by atoms with Gasteiger partial charge in [-0.15, -0.1) is 0 Å². The second-order valence-electron chi connectivity index (χ2n) is 12.1. The van der Waals surface area contributed by atoms with Gasteiger partial charge in [-0.1, -0.05) is 32.4 Å². The van der Waals surface area contributed by atoms with Gasteiger partial charge in [-0.2, -0.15) is 0 Å². The van der Waals surface area contributed by atoms with Gasteiger partial charge in [0.15, 0.2) is 0 Å². The summed E-state index contributed by atoms with van der Waals surface area (Å²) in [7, 11) is 3.24. The fourth-order valence-electron chi connectivity index (χ4n) is 8.92. The fraction of sp³-hybridized carbons (Fsp3) is 0.893. The number of hydrogen-bond donors (Lipinski definition) is 0. The van der Waals surface area contributed by atoms with Crippen molar-refractivity contribution >= 4 is 5.97 Å². The van der Waals surface area contributed by atoms with Crippen molar-refractivity contribution in [2.24, 2.45) is 46.3 Å². The first-order chi connectivity index (χ1) is 15.2. The highest BCUT2D eigenvalue weighted by atomic mass is 16.7. The minimum Gasteiger partial charge on any atom is -0.469 e. The molecule has 182 valence electrons. The van der Waals surface area contributed by atoms with E-state index in [1.807, 2.05) is 0 Å². The van der Waals surface area contributed by atoms with Gasteiger partial charge >= 0.3 is 5.97 Å². The van der Waals surface area contributed by atoms with E-state index in [9.17, 15) is 4.79 Å². The summed E-state index contributed by atoms with van der Waals surface area (Å²) in [6.07, 6.45) is 13.4. The number of fused-ring (bicyclic) bond motifs is 5. The quantitative estimate of drug-likeness (QED) is 0.258. The first-order valence-corrected chi connectivity index (χ1v) is 13.1. The largest absolute Gasteiger partial charge is 0.469 e. The van der Waals surface area contributed by atoms with Crippen LogP contribution in [0.1, 0.15) is 85.5 Å². The van der Waals surface area contributed by atoms with Gasteiger partial charge in [-0.05, 0) is 105 Å². The zero-order valence-corrected chi connectivity index (χ0v) is 21.3. The predicted molar refractivity (Wildman–Crippen MR) is 127 cm³/mol. The normalized spacial score (nSPS) is 44.1. The van der Waals surface area contributed by atoms with Crippen LogP contribution in [0.2, 0.25) is 0 Å². The topological polar surface area (TPSA) is 44.8 Å². The SMILES string of the molecule is COCOC1C[C@@H]2C=C(C)CC[C@]2(C)C2CC[C@@]3(C)C(CC[C@@H]3[C@H](C)CCC(=O)OC)C12. The van der Waals surface area contributed by atoms with E-state index in [4.69, 9.17) is 14.2 Å². The average Bonchev–Trinajstić information content (AvgIpc) is 3.13. The Bertz CT molecular complexity index is 716. The molecule has 32 heavy (non-hydrogen) atoms. The summed E-state index contributed by atoms with van der Waals surface area (Å²) in [4.78, 5) is 11.8. The van der Waals surface area contributed by atoms with E-state index >= 15 is 0 Å². The van der Waals surface area contributed by atoms with Gasteiger partial charge in [0.1, 0.15) is 6.79 Å². The maximum absolute atomic E-state index is 11.8. The summed E-state index contributed by atoms with van der Waals surface area (Å²) in [5, 5.41) is 0. The molecule has 0 aliphatic heterocycles. The number of rotatable bonds is 7. The zero-order valence-electron chi connectivity index (χ0n) is 21.3. The van der Waals surface area contributed by atoms with Gasteiger partial charge in [0.2, 0.25) is 0 Å². The van der Waals surface area contributed by atoms with Crippen molar-refractivity contribution in [2.75, 3.05) is 21.0 Å². The minimum absolute atomic E-state index is 0.0693. The highest BCUT2D eigenvalue weighted by molar-refractivity contribution is 5.69. The molecule has 4 rings (SSSR count). The first-order valence-electron chi connectivity index (χ1n) is 13.1. The number of allylic oxidation sites excluding steroid dienone is 2. The molecule has 0 aromatic rings. The van der Waals surface area contributed by atoms with Crippen LogP contribution in [-0.2, 0) is 19.0 Å². The van der Waals surface area contributed by atoms with Crippen molar-refractivity contribution in [3.63, 3.8) is 0 Å². The molecule has 0 radical (unpaired) electrons. The van der Waals surface area contributed by atoms with E-state index in [0.717, 1.165) is 24.7 Å². The number of methoxy groups -OCH3 is 2. The van der Waals surface area contributed by atoms with Crippen molar-refractivity contribution in [2.45, 2.75) is 91.6 Å². The Morgan fingerprint density at radius 1 is 1.12 bits per heavy atom. The lowest BCUT2D eigenvalue weighted by Crippen LogP contribution is -2.58. The van der Waals surface area contributed by atoms with Gasteiger partial charge in [-0.25, -0.2) is 0 Å². The van der Waals surface area contributed by atoms with Crippen molar-refractivity contribution in [1.82, 2.24) is 0 Å². The van der Waals surface area contributed by atoms with Gasteiger partial charge < -0.3 is 14.2 Å². The van der Waals surface area contributed by atoms with Crippen LogP contribution in [0.25, 0.3) is 0 Å². The number of hydrogen-bond acceptors (Lipinski definition) is 4. The molecular formula is C28H46O4. The van der Waals surface area contributed by atoms with Gasteiger partial charge in [0.25, 0.3) is 0 Å². The van der Waals surface area contributed by atoms with Crippen LogP contribution in [0.4, 0.5) is 0 Å². The van der Waals surface area contributed by atoms with Crippen LogP contribution >= 0.6 is 0 Å². The van der Waals surface area contributed by atoms with Crippen molar-refractivity contribution < 1.29 is 19.0 Å². The summed E-state index contributed by atoms with van der Waals surface area (Å²) in [6.45, 7) is 10.3. The number of carbonyl (C=O) groups is 1. The number of ether oxygens (including phenoxy) is 3. The molecule has 0 amide bonds. The molecule has 4 aliphatic carbocycles. The lowest BCUT2D eigenvalue weighted by Gasteiger charge is -2.62. The van der Waals surface area contributed by atoms with E-state index in [-0.39, 0.29) is 5.97 Å². The van der Waals surface area contributed by atoms with Crippen LogP contribution in [0, 0.1) is 46.3 Å². The second-order valence-corrected chi connectivity index (χ2v) is 12.1. The Hall–Kier alpha value is -0.870. The van der Waals surface area contributed by atoms with E-state index in [0.29, 0.717) is 53.8 Å². The molecule has 4 aliphatic rings. The molecule has 3 saturated carbocycles. The van der Waals surface area contributed by atoms with Gasteiger partial charge in [0.05, 0.1) is 13.2 Å². The lowest BCUT2D eigenvalue weighted by atomic mass is 9.44. The summed E-state index contributed by atoms with van der Waals surface area (Å²) < 4.78 is 16.8. The maximum Gasteiger partial charge on any atom is 0.305 e. The molecule has 0 aromatic carbocycles. The zero-order chi connectivity index (χ0) is 23.1. The van der Waals surface area contributed by atoms with Crippen molar-refractivity contribution in [3.8, 4) is 0 Å². The highest BCUT2D eigenvalue weighted by Crippen LogP contribution is 2.68. The van der Waals surface area contributed by atoms with E-state index < -0.39 is 0 Å².